The van der Waals surface area contributed by atoms with Crippen molar-refractivity contribution in [2.24, 2.45) is 0 Å². The molecule has 22 heavy (non-hydrogen) atoms. The van der Waals surface area contributed by atoms with Crippen LogP contribution in [-0.2, 0) is 6.42 Å². The second-order valence-electron chi connectivity index (χ2n) is 5.32. The van der Waals surface area contributed by atoms with Gasteiger partial charge in [-0.3, -0.25) is 0 Å². The first-order valence-corrected chi connectivity index (χ1v) is 7.47. The molecule has 2 rings (SSSR count). The third-order valence-electron chi connectivity index (χ3n) is 3.51. The van der Waals surface area contributed by atoms with Crippen LogP contribution in [0, 0.1) is 6.92 Å². The SMILES string of the molecule is CCc1cccc(NC(=O)NC[C@@H](O)c2ccc(C)cc2)c1. The Morgan fingerprint density at radius 1 is 1.18 bits per heavy atom. The van der Waals surface area contributed by atoms with Crippen LogP contribution in [0.3, 0.4) is 0 Å². The number of anilines is 1. The van der Waals surface area contributed by atoms with Crippen LogP contribution in [0.1, 0.15) is 29.7 Å². The minimum absolute atomic E-state index is 0.169. The number of benzene rings is 2. The maximum atomic E-state index is 11.9. The highest BCUT2D eigenvalue weighted by atomic mass is 16.3. The fraction of sp³-hybridized carbons (Fsp3) is 0.278. The van der Waals surface area contributed by atoms with Gasteiger partial charge in [-0.1, -0.05) is 48.9 Å². The highest BCUT2D eigenvalue weighted by Gasteiger charge is 2.09. The Hall–Kier alpha value is -2.33. The van der Waals surface area contributed by atoms with Crippen LogP contribution in [0.4, 0.5) is 10.5 Å². The zero-order chi connectivity index (χ0) is 15.9. The Kier molecular flexibility index (Phi) is 5.55. The molecule has 0 heterocycles. The Bertz CT molecular complexity index is 623. The zero-order valence-electron chi connectivity index (χ0n) is 13.0. The number of rotatable bonds is 5. The average Bonchev–Trinajstić information content (AvgIpc) is 2.53. The second-order valence-corrected chi connectivity index (χ2v) is 5.32. The van der Waals surface area contributed by atoms with Gasteiger partial charge in [-0.15, -0.1) is 0 Å². The lowest BCUT2D eigenvalue weighted by atomic mass is 10.1. The van der Waals surface area contributed by atoms with Gasteiger partial charge in [0, 0.05) is 12.2 Å². The Morgan fingerprint density at radius 3 is 2.59 bits per heavy atom. The van der Waals surface area contributed by atoms with E-state index >= 15 is 0 Å². The molecule has 0 bridgehead atoms. The van der Waals surface area contributed by atoms with E-state index in [1.54, 1.807) is 0 Å². The lowest BCUT2D eigenvalue weighted by molar-refractivity contribution is 0.175. The summed E-state index contributed by atoms with van der Waals surface area (Å²) in [6, 6.07) is 15.0. The lowest BCUT2D eigenvalue weighted by Crippen LogP contribution is -2.32. The quantitative estimate of drug-likeness (QED) is 0.792. The highest BCUT2D eigenvalue weighted by Crippen LogP contribution is 2.13. The van der Waals surface area contributed by atoms with E-state index in [0.717, 1.165) is 28.8 Å². The third-order valence-corrected chi connectivity index (χ3v) is 3.51. The summed E-state index contributed by atoms with van der Waals surface area (Å²) in [6.45, 7) is 4.23. The van der Waals surface area contributed by atoms with Crippen molar-refractivity contribution in [3.05, 3.63) is 65.2 Å². The van der Waals surface area contributed by atoms with E-state index in [1.807, 2.05) is 55.5 Å². The van der Waals surface area contributed by atoms with Crippen molar-refractivity contribution in [2.45, 2.75) is 26.4 Å². The summed E-state index contributed by atoms with van der Waals surface area (Å²) in [5.74, 6) is 0. The van der Waals surface area contributed by atoms with Crippen molar-refractivity contribution >= 4 is 11.7 Å². The van der Waals surface area contributed by atoms with Gasteiger partial charge in [0.1, 0.15) is 0 Å². The minimum atomic E-state index is -0.715. The predicted octanol–water partition coefficient (Wildman–Crippen LogP) is 3.41. The normalized spacial score (nSPS) is 11.8. The van der Waals surface area contributed by atoms with Crippen LogP contribution in [0.5, 0.6) is 0 Å². The Labute approximate surface area is 131 Å². The summed E-state index contributed by atoms with van der Waals surface area (Å²) in [4.78, 5) is 11.9. The van der Waals surface area contributed by atoms with Gasteiger partial charge < -0.3 is 15.7 Å². The molecule has 2 aromatic rings. The van der Waals surface area contributed by atoms with Crippen molar-refractivity contribution in [3.8, 4) is 0 Å². The topological polar surface area (TPSA) is 61.4 Å². The average molecular weight is 298 g/mol. The van der Waals surface area contributed by atoms with Crippen molar-refractivity contribution in [1.29, 1.82) is 0 Å². The maximum Gasteiger partial charge on any atom is 0.319 e. The molecule has 2 aromatic carbocycles. The number of urea groups is 1. The minimum Gasteiger partial charge on any atom is -0.387 e. The number of nitrogens with one attached hydrogen (secondary N) is 2. The molecule has 0 aliphatic rings. The molecule has 4 heteroatoms. The van der Waals surface area contributed by atoms with E-state index in [0.29, 0.717) is 0 Å². The molecule has 0 unspecified atom stereocenters. The van der Waals surface area contributed by atoms with Gasteiger partial charge in [0.25, 0.3) is 0 Å². The number of carbonyl (C=O) groups excluding carboxylic acids is 1. The number of amides is 2. The molecular weight excluding hydrogens is 276 g/mol. The van der Waals surface area contributed by atoms with E-state index in [1.165, 1.54) is 0 Å². The van der Waals surface area contributed by atoms with Crippen LogP contribution in [0.2, 0.25) is 0 Å². The number of aryl methyl sites for hydroxylation is 2. The highest BCUT2D eigenvalue weighted by molar-refractivity contribution is 5.89. The molecule has 1 atom stereocenters. The third kappa shape index (κ3) is 4.60. The van der Waals surface area contributed by atoms with Crippen LogP contribution >= 0.6 is 0 Å². The van der Waals surface area contributed by atoms with Crippen LogP contribution in [0.25, 0.3) is 0 Å². The van der Waals surface area contributed by atoms with Gasteiger partial charge in [0.2, 0.25) is 0 Å². The molecular formula is C18H22N2O2. The smallest absolute Gasteiger partial charge is 0.319 e. The fourth-order valence-corrected chi connectivity index (χ4v) is 2.14. The monoisotopic (exact) mass is 298 g/mol. The molecule has 0 saturated carbocycles. The molecule has 0 aromatic heterocycles. The van der Waals surface area contributed by atoms with Gasteiger partial charge in [0.05, 0.1) is 6.10 Å². The number of carbonyl (C=O) groups is 1. The number of aliphatic hydroxyl groups excluding tert-OH is 1. The number of aliphatic hydroxyl groups is 1. The van der Waals surface area contributed by atoms with Crippen LogP contribution in [0.15, 0.2) is 48.5 Å². The van der Waals surface area contributed by atoms with E-state index in [4.69, 9.17) is 0 Å². The first kappa shape index (κ1) is 16.0. The molecule has 3 N–H and O–H groups in total. The summed E-state index contributed by atoms with van der Waals surface area (Å²) in [7, 11) is 0. The standard InChI is InChI=1S/C18H22N2O2/c1-3-14-5-4-6-16(11-14)20-18(22)19-12-17(21)15-9-7-13(2)8-10-15/h4-11,17,21H,3,12H2,1-2H3,(H2,19,20,22)/t17-/m1/s1. The lowest BCUT2D eigenvalue weighted by Gasteiger charge is -2.13. The number of hydrogen-bond donors (Lipinski definition) is 3. The van der Waals surface area contributed by atoms with Crippen LogP contribution < -0.4 is 10.6 Å². The summed E-state index contributed by atoms with van der Waals surface area (Å²) < 4.78 is 0. The van der Waals surface area contributed by atoms with Crippen molar-refractivity contribution in [1.82, 2.24) is 5.32 Å². The van der Waals surface area contributed by atoms with Crippen LogP contribution in [-0.4, -0.2) is 17.7 Å². The molecule has 0 saturated heterocycles. The molecule has 116 valence electrons. The van der Waals surface area contributed by atoms with Crippen molar-refractivity contribution in [2.75, 3.05) is 11.9 Å². The predicted molar refractivity (Wildman–Crippen MR) is 89.0 cm³/mol. The Morgan fingerprint density at radius 2 is 1.91 bits per heavy atom. The molecule has 0 aliphatic heterocycles. The van der Waals surface area contributed by atoms with E-state index in [9.17, 15) is 9.90 Å². The maximum absolute atomic E-state index is 11.9. The summed E-state index contributed by atoms with van der Waals surface area (Å²) in [5.41, 5.74) is 3.84. The van der Waals surface area contributed by atoms with E-state index < -0.39 is 6.10 Å². The molecule has 0 fully saturated rings. The fourth-order valence-electron chi connectivity index (χ4n) is 2.14. The van der Waals surface area contributed by atoms with Gasteiger partial charge in [-0.05, 0) is 36.6 Å². The summed E-state index contributed by atoms with van der Waals surface area (Å²) in [6.07, 6.45) is 0.205. The largest absolute Gasteiger partial charge is 0.387 e. The van der Waals surface area contributed by atoms with Gasteiger partial charge in [-0.2, -0.15) is 0 Å². The van der Waals surface area contributed by atoms with E-state index in [2.05, 4.69) is 17.6 Å². The number of hydrogen-bond acceptors (Lipinski definition) is 2. The molecule has 4 nitrogen and oxygen atoms in total. The van der Waals surface area contributed by atoms with Crippen molar-refractivity contribution in [3.63, 3.8) is 0 Å². The first-order valence-electron chi connectivity index (χ1n) is 7.47. The molecule has 2 amide bonds. The van der Waals surface area contributed by atoms with Gasteiger partial charge in [0.15, 0.2) is 0 Å². The van der Waals surface area contributed by atoms with E-state index in [-0.39, 0.29) is 12.6 Å². The molecule has 0 radical (unpaired) electrons. The van der Waals surface area contributed by atoms with Gasteiger partial charge >= 0.3 is 6.03 Å². The zero-order valence-corrected chi connectivity index (χ0v) is 13.0. The summed E-state index contributed by atoms with van der Waals surface area (Å²) >= 11 is 0. The van der Waals surface area contributed by atoms with Crippen molar-refractivity contribution < 1.29 is 9.90 Å². The second kappa shape index (κ2) is 7.61. The Balaban J connectivity index is 1.85. The summed E-state index contributed by atoms with van der Waals surface area (Å²) in [5, 5.41) is 15.5. The van der Waals surface area contributed by atoms with Gasteiger partial charge in [-0.25, -0.2) is 4.79 Å². The molecule has 0 aliphatic carbocycles. The molecule has 0 spiro atoms. The first-order chi connectivity index (χ1) is 10.6.